The number of nitrogens with one attached hydrogen (secondary N) is 4. The Hall–Kier alpha value is -6.32. The lowest BCUT2D eigenvalue weighted by Crippen LogP contribution is -2.54. The van der Waals surface area contributed by atoms with E-state index in [9.17, 15) is 44.1 Å². The number of aromatic hydroxyl groups is 2. The number of benzene rings is 3. The first-order valence-electron chi connectivity index (χ1n) is 29.3. The van der Waals surface area contributed by atoms with Crippen molar-refractivity contribution in [2.24, 2.45) is 11.7 Å². The molecule has 24 nitrogen and oxygen atoms in total. The van der Waals surface area contributed by atoms with Gasteiger partial charge in [0.05, 0.1) is 54.9 Å². The normalized spacial score (nSPS) is 24.4. The summed E-state index contributed by atoms with van der Waals surface area (Å²) in [7, 11) is 6.30. The number of phenolic OH excluding ortho intramolecular Hbond substituents is 2. The largest absolute Gasteiger partial charge is 0.507 e. The van der Waals surface area contributed by atoms with Crippen LogP contribution in [0, 0.1) is 5.92 Å². The molecule has 3 fully saturated rings. The number of primary amides is 1. The molecule has 0 aromatic heterocycles. The molecule has 10 atom stereocenters. The van der Waals surface area contributed by atoms with Gasteiger partial charge in [-0.1, -0.05) is 38.1 Å². The van der Waals surface area contributed by atoms with E-state index in [1.165, 1.54) is 30.2 Å². The molecule has 466 valence electrons. The molecular formula is C61H86N8O16. The fourth-order valence-corrected chi connectivity index (χ4v) is 12.1. The number of piperidine rings is 1. The van der Waals surface area contributed by atoms with E-state index in [4.69, 9.17) is 38.9 Å². The molecule has 24 heteroatoms. The maximum atomic E-state index is 14.3. The van der Waals surface area contributed by atoms with E-state index in [1.54, 1.807) is 50.4 Å². The van der Waals surface area contributed by atoms with Gasteiger partial charge in [0.25, 0.3) is 0 Å². The summed E-state index contributed by atoms with van der Waals surface area (Å²) in [5, 5.41) is 49.3. The van der Waals surface area contributed by atoms with Crippen LogP contribution in [0.3, 0.4) is 0 Å². The smallest absolute Gasteiger partial charge is 0.409 e. The first-order valence-corrected chi connectivity index (χ1v) is 29.3. The lowest BCUT2D eigenvalue weighted by molar-refractivity contribution is -0.248. The minimum Gasteiger partial charge on any atom is -0.507 e. The van der Waals surface area contributed by atoms with Crippen LogP contribution < -0.4 is 31.7 Å². The number of Topliss-reactive ketones (excluding diaryl/α,β-unsaturated/α-hetero) is 1. The molecule has 2 aliphatic carbocycles. The van der Waals surface area contributed by atoms with E-state index < -0.39 is 102 Å². The molecule has 0 unspecified atom stereocenters. The van der Waals surface area contributed by atoms with Crippen LogP contribution in [-0.4, -0.2) is 200 Å². The van der Waals surface area contributed by atoms with Crippen molar-refractivity contribution < 1.29 is 77.2 Å². The summed E-state index contributed by atoms with van der Waals surface area (Å²) in [4.78, 5) is 86.1. The van der Waals surface area contributed by atoms with Crippen molar-refractivity contribution in [3.8, 4) is 17.2 Å². The molecule has 4 amide bonds. The van der Waals surface area contributed by atoms with E-state index in [0.717, 1.165) is 19.4 Å². The molecule has 3 heterocycles. The van der Waals surface area contributed by atoms with Gasteiger partial charge in [-0.15, -0.1) is 0 Å². The van der Waals surface area contributed by atoms with Gasteiger partial charge in [0.2, 0.25) is 11.7 Å². The fourth-order valence-electron chi connectivity index (χ4n) is 12.1. The zero-order chi connectivity index (χ0) is 61.7. The number of anilines is 1. The van der Waals surface area contributed by atoms with Gasteiger partial charge in [-0.2, -0.15) is 0 Å². The fraction of sp³-hybridized carbons (Fsp3) is 0.607. The van der Waals surface area contributed by atoms with Crippen molar-refractivity contribution in [1.29, 1.82) is 0 Å². The number of urea groups is 1. The molecule has 0 saturated carbocycles. The first kappa shape index (κ1) is 64.7. The molecule has 5 aliphatic rings. The quantitative estimate of drug-likeness (QED) is 0.0258. The van der Waals surface area contributed by atoms with Crippen molar-refractivity contribution in [3.63, 3.8) is 0 Å². The number of phenols is 2. The molecule has 0 bridgehead atoms. The number of nitrogens with zero attached hydrogens (tertiary/aromatic N) is 3. The van der Waals surface area contributed by atoms with Gasteiger partial charge in [-0.25, -0.2) is 9.59 Å². The number of aliphatic hydroxyl groups is 1. The Morgan fingerprint density at radius 3 is 2.38 bits per heavy atom. The number of rotatable bonds is 25. The molecular weight excluding hydrogens is 1100 g/mol. The number of nitrogens with two attached hydrogens (primary N) is 1. The third-order valence-corrected chi connectivity index (χ3v) is 16.7. The van der Waals surface area contributed by atoms with Crippen molar-refractivity contribution in [2.45, 2.75) is 159 Å². The van der Waals surface area contributed by atoms with Gasteiger partial charge in [-0.05, 0) is 90.1 Å². The predicted molar refractivity (Wildman–Crippen MR) is 311 cm³/mol. The van der Waals surface area contributed by atoms with Gasteiger partial charge < -0.3 is 80.4 Å². The second-order valence-corrected chi connectivity index (χ2v) is 24.4. The van der Waals surface area contributed by atoms with Crippen LogP contribution >= 0.6 is 0 Å². The summed E-state index contributed by atoms with van der Waals surface area (Å²) in [5.74, 6) is -3.45. The second kappa shape index (κ2) is 27.6. The van der Waals surface area contributed by atoms with Crippen LogP contribution in [-0.2, 0) is 51.0 Å². The Morgan fingerprint density at radius 2 is 1.69 bits per heavy atom. The van der Waals surface area contributed by atoms with Gasteiger partial charge >= 0.3 is 12.1 Å². The number of amides is 4. The van der Waals surface area contributed by atoms with E-state index >= 15 is 0 Å². The maximum Gasteiger partial charge on any atom is 0.409 e. The number of fused-ring (bicyclic) bond motifs is 6. The number of methoxy groups -OCH3 is 2. The summed E-state index contributed by atoms with van der Waals surface area (Å²) in [6.07, 6.45) is -2.12. The molecule has 9 N–H and O–H groups in total. The molecule has 3 saturated heterocycles. The number of likely N-dealkylation sites (N-methyl/N-ethyl adjacent to an activating group) is 2. The Bertz CT molecular complexity index is 2920. The number of ether oxygens (including phenoxy) is 7. The average molecular weight is 1190 g/mol. The van der Waals surface area contributed by atoms with E-state index in [1.807, 2.05) is 6.92 Å². The Labute approximate surface area is 496 Å². The monoisotopic (exact) mass is 1190 g/mol. The molecule has 0 radical (unpaired) electrons. The molecule has 8 rings (SSSR count). The third-order valence-electron chi connectivity index (χ3n) is 16.7. The van der Waals surface area contributed by atoms with Crippen LogP contribution in [0.15, 0.2) is 42.5 Å². The average Bonchev–Trinajstić information content (AvgIpc) is 1.33. The topological polar surface area (TPSA) is 312 Å². The number of hydrogen-bond donors (Lipinski definition) is 8. The van der Waals surface area contributed by atoms with Crippen LogP contribution in [0.2, 0.25) is 0 Å². The number of hydrogen-bond acceptors (Lipinski definition) is 20. The lowest BCUT2D eigenvalue weighted by Gasteiger charge is -2.43. The van der Waals surface area contributed by atoms with E-state index in [2.05, 4.69) is 60.8 Å². The summed E-state index contributed by atoms with van der Waals surface area (Å²) in [6, 6.07) is 10.2. The van der Waals surface area contributed by atoms with Crippen LogP contribution in [0.25, 0.3) is 0 Å². The highest BCUT2D eigenvalue weighted by Crippen LogP contribution is 2.53. The highest BCUT2D eigenvalue weighted by Gasteiger charge is 2.55. The van der Waals surface area contributed by atoms with Crippen LogP contribution in [0.4, 0.5) is 15.3 Å². The summed E-state index contributed by atoms with van der Waals surface area (Å²) < 4.78 is 42.2. The Morgan fingerprint density at radius 1 is 0.965 bits per heavy atom. The molecule has 0 spiro atoms. The Kier molecular flexibility index (Phi) is 21.0. The number of carbonyl (C=O) groups is 6. The van der Waals surface area contributed by atoms with Crippen molar-refractivity contribution >= 4 is 41.1 Å². The zero-order valence-electron chi connectivity index (χ0n) is 50.5. The standard InChI is InChI=1S/C61H86N8O16/c1-33(2)40(66-60(4,5)6)29-64-39(15-12-22-63-58(62)76)56(75)65-36-20-18-35(19-21-36)30-82-59(77)68(8)25-24-67(7)32-81-31-45(70)61(78)27-38-48(54(74)50-49(52(38)72)51(71)37-14-11-16-42(79-9)47(37)53(50)73)44(28-61)84-46-26-41-55(34(3)83-46)85-57-43(80-10)17-13-23-69(41)57/h11,14,16,18-21,33-34,39-41,43-44,46,55,57,64,66,72,74,78H,12-13,15,17,22-32H2,1-10H3,(H,65,75)(H3,62,63,76)/t34-,39-,40+,41-,43-,44-,46-,55+,57+,61-/m0/s1. The second-order valence-electron chi connectivity index (χ2n) is 24.4. The predicted octanol–water partition coefficient (Wildman–Crippen LogP) is 4.46. The minimum atomic E-state index is -2.27. The van der Waals surface area contributed by atoms with Gasteiger partial charge in [-0.3, -0.25) is 29.0 Å². The molecule has 3 aliphatic heterocycles. The summed E-state index contributed by atoms with van der Waals surface area (Å²) in [6.45, 7) is 13.8. The first-order chi connectivity index (χ1) is 40.3. The van der Waals surface area contributed by atoms with Crippen molar-refractivity contribution in [3.05, 3.63) is 81.4 Å². The highest BCUT2D eigenvalue weighted by molar-refractivity contribution is 6.31. The number of ketones is 3. The third kappa shape index (κ3) is 14.9. The SMILES string of the molecule is COc1cccc2c1C(=O)c1c(O)c3c(c(O)c1C2=O)C[C@@](O)(C(=O)COCN(C)CCN(C)C(=O)OCc1ccc(NC(=O)[C@H](CCCNC(N)=O)NC[C@@H](NC(C)(C)C)C(C)C)cc1)C[C@@H]3O[C@H]1C[C@H]2[C@H](O[C@@H]3[C@@H](OC)CCCN32)[C@H](C)O1. The van der Waals surface area contributed by atoms with Crippen molar-refractivity contribution in [2.75, 3.05) is 79.7 Å². The van der Waals surface area contributed by atoms with Gasteiger partial charge in [0, 0.05) is 106 Å². The highest BCUT2D eigenvalue weighted by atomic mass is 16.7. The van der Waals surface area contributed by atoms with Gasteiger partial charge in [0.15, 0.2) is 17.9 Å². The van der Waals surface area contributed by atoms with Crippen molar-refractivity contribution in [1.82, 2.24) is 30.7 Å². The minimum absolute atomic E-state index is 0.0410. The maximum absolute atomic E-state index is 14.3. The number of carbonyl (C=O) groups excluding carboxylic acids is 6. The van der Waals surface area contributed by atoms with Crippen LogP contribution in [0.5, 0.6) is 17.2 Å². The van der Waals surface area contributed by atoms with E-state index in [0.29, 0.717) is 56.1 Å². The Balaban J connectivity index is 0.866. The molecule has 3 aromatic carbocycles. The van der Waals surface area contributed by atoms with Gasteiger partial charge in [0.1, 0.15) is 48.4 Å². The van der Waals surface area contributed by atoms with E-state index in [-0.39, 0.29) is 89.9 Å². The van der Waals surface area contributed by atoms with Crippen LogP contribution in [0.1, 0.15) is 135 Å². The zero-order valence-corrected chi connectivity index (χ0v) is 50.5. The summed E-state index contributed by atoms with van der Waals surface area (Å²) in [5.41, 5.74) is 2.82. The molecule has 3 aromatic rings. The summed E-state index contributed by atoms with van der Waals surface area (Å²) >= 11 is 0. The molecule has 85 heavy (non-hydrogen) atoms. The lowest BCUT2D eigenvalue weighted by atomic mass is 9.72.